The molecule has 4 aromatic rings. The van der Waals surface area contributed by atoms with E-state index in [1.807, 2.05) is 18.2 Å². The molecule has 1 atom stereocenters. The molecule has 3 aromatic carbocycles. The summed E-state index contributed by atoms with van der Waals surface area (Å²) in [5.41, 5.74) is -0.00496. The smallest absolute Gasteiger partial charge is 0.306 e. The molecule has 38 heavy (non-hydrogen) atoms. The number of carbonyl (C=O) groups is 1. The summed E-state index contributed by atoms with van der Waals surface area (Å²) >= 11 is 0. The molecule has 0 fully saturated rings. The molecule has 1 aliphatic heterocycles. The SMILES string of the molecule is COC(=O)C[C@@H](C1=Cc2ccccc2OC1)c1c(O)cc(O)c2c(=O)c(O)c(-c3ccc(O)c(O)c3)oc12. The molecule has 10 heteroatoms. The summed E-state index contributed by atoms with van der Waals surface area (Å²) in [4.78, 5) is 25.7. The number of para-hydroxylation sites is 1. The van der Waals surface area contributed by atoms with Crippen molar-refractivity contribution in [3.8, 4) is 45.8 Å². The fourth-order valence-corrected chi connectivity index (χ4v) is 4.54. The van der Waals surface area contributed by atoms with Crippen molar-refractivity contribution in [1.82, 2.24) is 0 Å². The second-order valence-electron chi connectivity index (χ2n) is 8.72. The zero-order chi connectivity index (χ0) is 27.1. The van der Waals surface area contributed by atoms with Gasteiger partial charge in [-0.15, -0.1) is 0 Å². The fourth-order valence-electron chi connectivity index (χ4n) is 4.54. The van der Waals surface area contributed by atoms with Crippen LogP contribution in [0, 0.1) is 0 Å². The molecule has 0 radical (unpaired) electrons. The van der Waals surface area contributed by atoms with E-state index >= 15 is 0 Å². The lowest BCUT2D eigenvalue weighted by Crippen LogP contribution is -2.18. The number of rotatable bonds is 5. The van der Waals surface area contributed by atoms with Gasteiger partial charge in [0.05, 0.1) is 13.5 Å². The highest BCUT2D eigenvalue weighted by Gasteiger charge is 2.32. The van der Waals surface area contributed by atoms with Gasteiger partial charge in [0.1, 0.15) is 34.8 Å². The van der Waals surface area contributed by atoms with Crippen molar-refractivity contribution in [2.24, 2.45) is 0 Å². The lowest BCUT2D eigenvalue weighted by molar-refractivity contribution is -0.140. The number of benzene rings is 3. The molecule has 0 amide bonds. The largest absolute Gasteiger partial charge is 0.507 e. The first kappa shape index (κ1) is 24.6. The molecule has 5 N–H and O–H groups in total. The normalized spacial score (nSPS) is 13.3. The Hall–Kier alpha value is -5.12. The lowest BCUT2D eigenvalue weighted by atomic mass is 9.84. The number of ether oxygens (including phenoxy) is 2. The summed E-state index contributed by atoms with van der Waals surface area (Å²) in [5.74, 6) is -4.27. The number of phenols is 4. The van der Waals surface area contributed by atoms with Crippen LogP contribution in [0.4, 0.5) is 0 Å². The van der Waals surface area contributed by atoms with Crippen molar-refractivity contribution in [2.75, 3.05) is 13.7 Å². The third-order valence-electron chi connectivity index (χ3n) is 6.42. The lowest BCUT2D eigenvalue weighted by Gasteiger charge is -2.26. The molecule has 0 saturated heterocycles. The van der Waals surface area contributed by atoms with Crippen LogP contribution in [0.2, 0.25) is 0 Å². The summed E-state index contributed by atoms with van der Waals surface area (Å²) in [6, 6.07) is 11.7. The van der Waals surface area contributed by atoms with Crippen LogP contribution < -0.4 is 10.2 Å². The van der Waals surface area contributed by atoms with Gasteiger partial charge in [-0.2, -0.15) is 0 Å². The van der Waals surface area contributed by atoms with Gasteiger partial charge in [0.15, 0.2) is 17.3 Å². The fraction of sp³-hybridized carbons (Fsp3) is 0.143. The van der Waals surface area contributed by atoms with Crippen molar-refractivity contribution in [1.29, 1.82) is 0 Å². The monoisotopic (exact) mass is 518 g/mol. The summed E-state index contributed by atoms with van der Waals surface area (Å²) in [7, 11) is 1.21. The van der Waals surface area contributed by atoms with E-state index in [0.29, 0.717) is 11.3 Å². The van der Waals surface area contributed by atoms with Gasteiger partial charge in [-0.05, 0) is 35.9 Å². The maximum atomic E-state index is 13.2. The third kappa shape index (κ3) is 4.11. The van der Waals surface area contributed by atoms with Gasteiger partial charge in [0, 0.05) is 28.7 Å². The molecular formula is C28H22O10. The number of esters is 1. The Morgan fingerprint density at radius 3 is 2.47 bits per heavy atom. The van der Waals surface area contributed by atoms with Gasteiger partial charge >= 0.3 is 5.97 Å². The summed E-state index contributed by atoms with van der Waals surface area (Å²) in [6.07, 6.45) is 1.52. The average molecular weight is 518 g/mol. The number of fused-ring (bicyclic) bond motifs is 2. The molecule has 0 bridgehead atoms. The first-order chi connectivity index (χ1) is 18.2. The van der Waals surface area contributed by atoms with Crippen LogP contribution in [-0.2, 0) is 9.53 Å². The second kappa shape index (κ2) is 9.40. The highest BCUT2D eigenvalue weighted by molar-refractivity contribution is 5.92. The molecule has 10 nitrogen and oxygen atoms in total. The van der Waals surface area contributed by atoms with Crippen molar-refractivity contribution < 1.29 is 44.2 Å². The highest BCUT2D eigenvalue weighted by Crippen LogP contribution is 2.46. The Bertz CT molecular complexity index is 1680. The molecule has 0 saturated carbocycles. The Kier molecular flexibility index (Phi) is 6.08. The molecule has 194 valence electrons. The van der Waals surface area contributed by atoms with E-state index in [0.717, 1.165) is 23.8 Å². The van der Waals surface area contributed by atoms with Crippen LogP contribution in [0.5, 0.6) is 34.5 Å². The van der Waals surface area contributed by atoms with E-state index in [1.165, 1.54) is 13.2 Å². The third-order valence-corrected chi connectivity index (χ3v) is 6.42. The molecule has 1 aromatic heterocycles. The van der Waals surface area contributed by atoms with Crippen LogP contribution in [0.3, 0.4) is 0 Å². The Balaban J connectivity index is 1.81. The van der Waals surface area contributed by atoms with Gasteiger partial charge < -0.3 is 39.4 Å². The van der Waals surface area contributed by atoms with Crippen LogP contribution in [-0.4, -0.2) is 45.2 Å². The van der Waals surface area contributed by atoms with Crippen LogP contribution >= 0.6 is 0 Å². The summed E-state index contributed by atoms with van der Waals surface area (Å²) in [6.45, 7) is 0.0431. The van der Waals surface area contributed by atoms with Crippen LogP contribution in [0.25, 0.3) is 28.4 Å². The number of phenolic OH excluding ortho intramolecular Hbond substituents is 4. The number of methoxy groups -OCH3 is 1. The predicted molar refractivity (Wildman–Crippen MR) is 136 cm³/mol. The van der Waals surface area contributed by atoms with Gasteiger partial charge in [-0.1, -0.05) is 18.2 Å². The van der Waals surface area contributed by atoms with Gasteiger partial charge in [0.25, 0.3) is 0 Å². The van der Waals surface area contributed by atoms with Gasteiger partial charge in [0.2, 0.25) is 11.2 Å². The number of aromatic hydroxyl groups is 5. The maximum absolute atomic E-state index is 13.2. The summed E-state index contributed by atoms with van der Waals surface area (Å²) in [5, 5.41) is 51.4. The van der Waals surface area contributed by atoms with Gasteiger partial charge in [-0.3, -0.25) is 9.59 Å². The van der Waals surface area contributed by atoms with Crippen LogP contribution in [0.1, 0.15) is 23.5 Å². The predicted octanol–water partition coefficient (Wildman–Crippen LogP) is 4.11. The van der Waals surface area contributed by atoms with E-state index < -0.39 is 51.4 Å². The minimum atomic E-state index is -1.01. The molecule has 0 spiro atoms. The minimum Gasteiger partial charge on any atom is -0.507 e. The first-order valence-corrected chi connectivity index (χ1v) is 11.5. The van der Waals surface area contributed by atoms with Crippen molar-refractivity contribution in [3.05, 3.63) is 75.5 Å². The van der Waals surface area contributed by atoms with E-state index in [-0.39, 0.29) is 35.5 Å². The molecule has 2 heterocycles. The Morgan fingerprint density at radius 2 is 1.74 bits per heavy atom. The number of hydrogen-bond acceptors (Lipinski definition) is 10. The van der Waals surface area contributed by atoms with Gasteiger partial charge in [-0.25, -0.2) is 0 Å². The second-order valence-corrected chi connectivity index (χ2v) is 8.72. The number of carbonyl (C=O) groups excluding carboxylic acids is 1. The average Bonchev–Trinajstić information content (AvgIpc) is 2.90. The molecule has 1 aliphatic rings. The maximum Gasteiger partial charge on any atom is 0.306 e. The Morgan fingerprint density at radius 1 is 0.974 bits per heavy atom. The van der Waals surface area contributed by atoms with E-state index in [2.05, 4.69) is 0 Å². The Labute approximate surface area is 214 Å². The van der Waals surface area contributed by atoms with E-state index in [1.54, 1.807) is 12.1 Å². The molecular weight excluding hydrogens is 496 g/mol. The zero-order valence-corrected chi connectivity index (χ0v) is 20.0. The van der Waals surface area contributed by atoms with Crippen molar-refractivity contribution >= 4 is 23.0 Å². The molecule has 0 unspecified atom stereocenters. The summed E-state index contributed by atoms with van der Waals surface area (Å²) < 4.78 is 16.7. The van der Waals surface area contributed by atoms with Crippen molar-refractivity contribution in [3.63, 3.8) is 0 Å². The topological polar surface area (TPSA) is 167 Å². The van der Waals surface area contributed by atoms with Crippen molar-refractivity contribution in [2.45, 2.75) is 12.3 Å². The zero-order valence-electron chi connectivity index (χ0n) is 20.0. The quantitative estimate of drug-likeness (QED) is 0.192. The van der Waals surface area contributed by atoms with E-state index in [9.17, 15) is 35.1 Å². The number of hydrogen-bond donors (Lipinski definition) is 5. The minimum absolute atomic E-state index is 0.0150. The standard InChI is InChI=1S/C28H22O10/c1-36-22(33)10-16(15-8-13-4-2-3-5-21(13)37-12-15)23-19(31)11-20(32)24-25(34)26(35)27(38-28(23)24)14-6-7-17(29)18(30)9-14/h2-9,11,16,29-32,35H,10,12H2,1H3/t16-/m0/s1. The first-order valence-electron chi connectivity index (χ1n) is 11.5. The molecule has 0 aliphatic carbocycles. The highest BCUT2D eigenvalue weighted by atomic mass is 16.5. The van der Waals surface area contributed by atoms with E-state index in [4.69, 9.17) is 13.9 Å². The molecule has 5 rings (SSSR count). The van der Waals surface area contributed by atoms with Crippen LogP contribution in [0.15, 0.2) is 63.3 Å².